The van der Waals surface area contributed by atoms with Crippen molar-refractivity contribution in [2.24, 2.45) is 5.92 Å². The summed E-state index contributed by atoms with van der Waals surface area (Å²) in [6.45, 7) is 1.37. The Balaban J connectivity index is 2.14. The molecule has 1 aromatic rings. The van der Waals surface area contributed by atoms with E-state index in [2.05, 4.69) is 15.4 Å². The van der Waals surface area contributed by atoms with Gasteiger partial charge in [-0.25, -0.2) is 4.79 Å². The fourth-order valence-electron chi connectivity index (χ4n) is 1.59. The molecule has 0 atom stereocenters. The van der Waals surface area contributed by atoms with Crippen LogP contribution in [0.25, 0.3) is 0 Å². The average Bonchev–Trinajstić information content (AvgIpc) is 2.26. The smallest absolute Gasteiger partial charge is 0.339 e. The van der Waals surface area contributed by atoms with Crippen LogP contribution in [-0.4, -0.2) is 32.1 Å². The van der Waals surface area contributed by atoms with E-state index in [1.54, 1.807) is 24.3 Å². The van der Waals surface area contributed by atoms with Crippen LogP contribution in [-0.2, 0) is 9.53 Å². The standard InChI is InChI=1S/C12H14N2O3/c1-17-12(16)9-4-2-3-5-10(9)14-11(15)8-6-13-7-8/h2-5,8,13H,6-7H2,1H3,(H,14,15). The molecule has 2 rings (SSSR count). The highest BCUT2D eigenvalue weighted by molar-refractivity contribution is 6.02. The van der Waals surface area contributed by atoms with E-state index in [4.69, 9.17) is 0 Å². The van der Waals surface area contributed by atoms with E-state index in [9.17, 15) is 9.59 Å². The molecule has 1 heterocycles. The summed E-state index contributed by atoms with van der Waals surface area (Å²) in [6.07, 6.45) is 0. The molecule has 2 N–H and O–H groups in total. The fraction of sp³-hybridized carbons (Fsp3) is 0.333. The Labute approximate surface area is 99.2 Å². The zero-order valence-electron chi connectivity index (χ0n) is 9.53. The third kappa shape index (κ3) is 2.45. The predicted octanol–water partition coefficient (Wildman–Crippen LogP) is 0.631. The van der Waals surface area contributed by atoms with Crippen LogP contribution in [0.2, 0.25) is 0 Å². The molecule has 1 fully saturated rings. The van der Waals surface area contributed by atoms with Gasteiger partial charge in [0, 0.05) is 13.1 Å². The Morgan fingerprint density at radius 2 is 2.06 bits per heavy atom. The van der Waals surface area contributed by atoms with Gasteiger partial charge in [-0.1, -0.05) is 12.1 Å². The minimum Gasteiger partial charge on any atom is -0.465 e. The van der Waals surface area contributed by atoms with Crippen molar-refractivity contribution in [2.75, 3.05) is 25.5 Å². The molecule has 1 aromatic carbocycles. The van der Waals surface area contributed by atoms with Gasteiger partial charge < -0.3 is 15.4 Å². The highest BCUT2D eigenvalue weighted by Crippen LogP contribution is 2.17. The maximum atomic E-state index is 11.8. The van der Waals surface area contributed by atoms with E-state index < -0.39 is 5.97 Å². The predicted molar refractivity (Wildman–Crippen MR) is 62.8 cm³/mol. The number of amides is 1. The van der Waals surface area contributed by atoms with Crippen molar-refractivity contribution in [1.82, 2.24) is 5.32 Å². The molecule has 0 aromatic heterocycles. The number of hydrogen-bond donors (Lipinski definition) is 2. The maximum absolute atomic E-state index is 11.8. The lowest BCUT2D eigenvalue weighted by Gasteiger charge is -2.26. The van der Waals surface area contributed by atoms with Crippen LogP contribution in [0.5, 0.6) is 0 Å². The molecule has 0 radical (unpaired) electrons. The molecule has 1 aliphatic rings. The lowest BCUT2D eigenvalue weighted by atomic mass is 10.0. The summed E-state index contributed by atoms with van der Waals surface area (Å²) in [6, 6.07) is 6.81. The quantitative estimate of drug-likeness (QED) is 0.753. The number of nitrogens with one attached hydrogen (secondary N) is 2. The van der Waals surface area contributed by atoms with E-state index in [1.807, 2.05) is 0 Å². The number of hydrogen-bond acceptors (Lipinski definition) is 4. The summed E-state index contributed by atoms with van der Waals surface area (Å²) < 4.78 is 4.66. The van der Waals surface area contributed by atoms with Gasteiger partial charge in [-0.05, 0) is 12.1 Å². The van der Waals surface area contributed by atoms with Crippen LogP contribution in [0.15, 0.2) is 24.3 Å². The molecule has 1 saturated heterocycles. The third-order valence-electron chi connectivity index (χ3n) is 2.74. The highest BCUT2D eigenvalue weighted by atomic mass is 16.5. The van der Waals surface area contributed by atoms with Crippen LogP contribution in [0, 0.1) is 5.92 Å². The number of carbonyl (C=O) groups excluding carboxylic acids is 2. The van der Waals surface area contributed by atoms with Crippen molar-refractivity contribution in [3.63, 3.8) is 0 Å². The summed E-state index contributed by atoms with van der Waals surface area (Å²) in [5.41, 5.74) is 0.867. The van der Waals surface area contributed by atoms with Gasteiger partial charge >= 0.3 is 5.97 Å². The fourth-order valence-corrected chi connectivity index (χ4v) is 1.59. The molecule has 0 spiro atoms. The van der Waals surface area contributed by atoms with Crippen LogP contribution in [0.3, 0.4) is 0 Å². The molecular formula is C12H14N2O3. The summed E-state index contributed by atoms with van der Waals surface area (Å²) in [4.78, 5) is 23.2. The molecule has 0 aliphatic carbocycles. The second-order valence-corrected chi connectivity index (χ2v) is 3.88. The molecule has 0 unspecified atom stereocenters. The van der Waals surface area contributed by atoms with E-state index >= 15 is 0 Å². The minimum absolute atomic E-state index is 0.0132. The summed E-state index contributed by atoms with van der Waals surface area (Å²) in [7, 11) is 1.32. The van der Waals surface area contributed by atoms with E-state index in [-0.39, 0.29) is 11.8 Å². The molecule has 1 aliphatic heterocycles. The first-order valence-electron chi connectivity index (χ1n) is 5.41. The SMILES string of the molecule is COC(=O)c1ccccc1NC(=O)C1CNC1. The zero-order valence-corrected chi connectivity index (χ0v) is 9.53. The van der Waals surface area contributed by atoms with Gasteiger partial charge in [-0.15, -0.1) is 0 Å². The topological polar surface area (TPSA) is 67.4 Å². The third-order valence-corrected chi connectivity index (χ3v) is 2.74. The Morgan fingerprint density at radius 1 is 1.35 bits per heavy atom. The van der Waals surface area contributed by atoms with Crippen molar-refractivity contribution in [3.8, 4) is 0 Å². The molecule has 90 valence electrons. The molecule has 0 bridgehead atoms. The largest absolute Gasteiger partial charge is 0.465 e. The van der Waals surface area contributed by atoms with Gasteiger partial charge in [0.1, 0.15) is 0 Å². The van der Waals surface area contributed by atoms with E-state index in [1.165, 1.54) is 7.11 Å². The number of anilines is 1. The number of rotatable bonds is 3. The minimum atomic E-state index is -0.451. The number of para-hydroxylation sites is 1. The van der Waals surface area contributed by atoms with Gasteiger partial charge in [-0.3, -0.25) is 4.79 Å². The molecule has 0 saturated carbocycles. The van der Waals surface area contributed by atoms with Crippen LogP contribution in [0.4, 0.5) is 5.69 Å². The highest BCUT2D eigenvalue weighted by Gasteiger charge is 2.25. The van der Waals surface area contributed by atoms with Gasteiger partial charge in [0.2, 0.25) is 5.91 Å². The van der Waals surface area contributed by atoms with Gasteiger partial charge in [0.05, 0.1) is 24.3 Å². The Kier molecular flexibility index (Phi) is 3.39. The second kappa shape index (κ2) is 4.97. The average molecular weight is 234 g/mol. The lowest BCUT2D eigenvalue weighted by molar-refractivity contribution is -0.121. The summed E-state index contributed by atoms with van der Waals surface area (Å²) >= 11 is 0. The molecule has 1 amide bonds. The van der Waals surface area contributed by atoms with Crippen molar-refractivity contribution >= 4 is 17.6 Å². The molecule has 17 heavy (non-hydrogen) atoms. The normalized spacial score (nSPS) is 14.9. The Morgan fingerprint density at radius 3 is 2.65 bits per heavy atom. The monoisotopic (exact) mass is 234 g/mol. The number of esters is 1. The number of carbonyl (C=O) groups is 2. The van der Waals surface area contributed by atoms with Crippen molar-refractivity contribution in [1.29, 1.82) is 0 Å². The Bertz CT molecular complexity index is 441. The van der Waals surface area contributed by atoms with Crippen LogP contribution in [0.1, 0.15) is 10.4 Å². The van der Waals surface area contributed by atoms with Gasteiger partial charge in [0.15, 0.2) is 0 Å². The molecule has 5 heteroatoms. The van der Waals surface area contributed by atoms with E-state index in [0.29, 0.717) is 24.3 Å². The van der Waals surface area contributed by atoms with Crippen molar-refractivity contribution in [3.05, 3.63) is 29.8 Å². The van der Waals surface area contributed by atoms with E-state index in [0.717, 1.165) is 0 Å². The summed E-state index contributed by atoms with van der Waals surface area (Å²) in [5.74, 6) is -0.534. The lowest BCUT2D eigenvalue weighted by Crippen LogP contribution is -2.48. The van der Waals surface area contributed by atoms with Gasteiger partial charge in [-0.2, -0.15) is 0 Å². The molecule has 5 nitrogen and oxygen atoms in total. The Hall–Kier alpha value is -1.88. The zero-order chi connectivity index (χ0) is 12.3. The number of methoxy groups -OCH3 is 1. The maximum Gasteiger partial charge on any atom is 0.339 e. The van der Waals surface area contributed by atoms with Crippen LogP contribution < -0.4 is 10.6 Å². The van der Waals surface area contributed by atoms with Crippen LogP contribution >= 0.6 is 0 Å². The second-order valence-electron chi connectivity index (χ2n) is 3.88. The first-order chi connectivity index (χ1) is 8.22. The first kappa shape index (κ1) is 11.6. The van der Waals surface area contributed by atoms with Crippen molar-refractivity contribution < 1.29 is 14.3 Å². The summed E-state index contributed by atoms with van der Waals surface area (Å²) in [5, 5.41) is 5.77. The number of benzene rings is 1. The van der Waals surface area contributed by atoms with Crippen molar-refractivity contribution in [2.45, 2.75) is 0 Å². The first-order valence-corrected chi connectivity index (χ1v) is 5.41. The molecular weight excluding hydrogens is 220 g/mol. The van der Waals surface area contributed by atoms with Gasteiger partial charge in [0.25, 0.3) is 0 Å². The number of ether oxygens (including phenoxy) is 1.